The molecule has 1 aliphatic heterocycles. The van der Waals surface area contributed by atoms with Gasteiger partial charge in [-0.25, -0.2) is 0 Å². The molecule has 1 aromatic heterocycles. The SMILES string of the molecule is COc1ccc2cc(C3C4=C(CC(C)(C)CC4=O)OC4=C3C(=O)CC(C)(C)C4)c(=O)[nH]c2c1. The molecule has 5 rings (SSSR count). The molecule has 1 aromatic carbocycles. The maximum Gasteiger partial charge on any atom is 0.252 e. The third-order valence-electron chi connectivity index (χ3n) is 6.97. The van der Waals surface area contributed by atoms with Crippen LogP contribution in [0.1, 0.15) is 64.9 Å². The van der Waals surface area contributed by atoms with E-state index in [4.69, 9.17) is 9.47 Å². The first-order valence-electron chi connectivity index (χ1n) is 11.4. The van der Waals surface area contributed by atoms with Crippen molar-refractivity contribution in [2.45, 2.75) is 59.3 Å². The number of ether oxygens (including phenoxy) is 2. The molecule has 0 amide bonds. The van der Waals surface area contributed by atoms with Gasteiger partial charge < -0.3 is 14.5 Å². The van der Waals surface area contributed by atoms with Crippen LogP contribution in [0.4, 0.5) is 0 Å². The van der Waals surface area contributed by atoms with E-state index in [-0.39, 0.29) is 28.0 Å². The summed E-state index contributed by atoms with van der Waals surface area (Å²) < 4.78 is 11.6. The Morgan fingerprint density at radius 2 is 1.45 bits per heavy atom. The van der Waals surface area contributed by atoms with E-state index in [0.717, 1.165) is 5.39 Å². The van der Waals surface area contributed by atoms with Crippen LogP contribution >= 0.6 is 0 Å². The van der Waals surface area contributed by atoms with E-state index in [1.54, 1.807) is 19.2 Å². The number of benzene rings is 1. The van der Waals surface area contributed by atoms with E-state index in [9.17, 15) is 14.4 Å². The Morgan fingerprint density at radius 1 is 0.879 bits per heavy atom. The Hall–Kier alpha value is -3.15. The van der Waals surface area contributed by atoms with Gasteiger partial charge in [0, 0.05) is 48.5 Å². The predicted octanol–water partition coefficient (Wildman–Crippen LogP) is 4.94. The van der Waals surface area contributed by atoms with Crippen molar-refractivity contribution in [2.24, 2.45) is 10.8 Å². The number of carbonyl (C=O) groups is 2. The number of allylic oxidation sites excluding steroid dienone is 4. The third kappa shape index (κ3) is 3.62. The Balaban J connectivity index is 1.75. The second-order valence-corrected chi connectivity index (χ2v) is 11.1. The van der Waals surface area contributed by atoms with Crippen LogP contribution in [0, 0.1) is 10.8 Å². The van der Waals surface area contributed by atoms with Crippen molar-refractivity contribution in [1.29, 1.82) is 0 Å². The lowest BCUT2D eigenvalue weighted by molar-refractivity contribution is -0.120. The fourth-order valence-electron chi connectivity index (χ4n) is 5.52. The standard InChI is InChI=1S/C27H29NO5/c1-26(2)10-18(29)23-20(12-26)33-21-13-27(3,4)11-19(30)24(21)22(23)16-8-14-6-7-15(32-5)9-17(14)28-25(16)31/h6-9,22H,10-13H2,1-5H3,(H,28,31). The summed E-state index contributed by atoms with van der Waals surface area (Å²) in [5.74, 6) is 1.06. The van der Waals surface area contributed by atoms with E-state index >= 15 is 0 Å². The van der Waals surface area contributed by atoms with Gasteiger partial charge in [-0.3, -0.25) is 14.4 Å². The van der Waals surface area contributed by atoms with Gasteiger partial charge in [-0.05, 0) is 34.4 Å². The van der Waals surface area contributed by atoms with Crippen LogP contribution in [0.2, 0.25) is 0 Å². The number of hydrogen-bond donors (Lipinski definition) is 1. The van der Waals surface area contributed by atoms with Crippen molar-refractivity contribution in [3.63, 3.8) is 0 Å². The Morgan fingerprint density at radius 3 is 2.00 bits per heavy atom. The number of aromatic amines is 1. The molecule has 2 heterocycles. The van der Waals surface area contributed by atoms with E-state index < -0.39 is 5.92 Å². The minimum Gasteiger partial charge on any atom is -0.497 e. The molecule has 0 saturated carbocycles. The molecular weight excluding hydrogens is 418 g/mol. The summed E-state index contributed by atoms with van der Waals surface area (Å²) in [5, 5.41) is 0.813. The highest BCUT2D eigenvalue weighted by molar-refractivity contribution is 6.06. The van der Waals surface area contributed by atoms with Gasteiger partial charge in [-0.2, -0.15) is 0 Å². The highest BCUT2D eigenvalue weighted by Crippen LogP contribution is 2.52. The molecule has 33 heavy (non-hydrogen) atoms. The van der Waals surface area contributed by atoms with E-state index in [1.165, 1.54) is 0 Å². The molecule has 6 heteroatoms. The van der Waals surface area contributed by atoms with Crippen LogP contribution in [0.25, 0.3) is 10.9 Å². The topological polar surface area (TPSA) is 85.5 Å². The second-order valence-electron chi connectivity index (χ2n) is 11.1. The fourth-order valence-corrected chi connectivity index (χ4v) is 5.52. The maximum atomic E-state index is 13.4. The molecule has 0 unspecified atom stereocenters. The summed E-state index contributed by atoms with van der Waals surface area (Å²) in [6, 6.07) is 7.27. The van der Waals surface area contributed by atoms with Crippen molar-refractivity contribution in [3.8, 4) is 5.75 Å². The molecule has 0 atom stereocenters. The van der Waals surface area contributed by atoms with E-state index in [2.05, 4.69) is 4.98 Å². The van der Waals surface area contributed by atoms with Gasteiger partial charge in [0.25, 0.3) is 5.56 Å². The lowest BCUT2D eigenvalue weighted by Crippen LogP contribution is -2.39. The number of rotatable bonds is 2. The first-order chi connectivity index (χ1) is 15.5. The van der Waals surface area contributed by atoms with E-state index in [0.29, 0.717) is 65.2 Å². The van der Waals surface area contributed by atoms with Crippen LogP contribution < -0.4 is 10.3 Å². The number of H-pyrrole nitrogens is 1. The quantitative estimate of drug-likeness (QED) is 0.705. The number of pyridine rings is 1. The zero-order chi connectivity index (χ0) is 23.7. The molecule has 1 N–H and O–H groups in total. The van der Waals surface area contributed by atoms with Crippen molar-refractivity contribution in [3.05, 3.63) is 62.8 Å². The largest absolute Gasteiger partial charge is 0.497 e. The van der Waals surface area contributed by atoms with Crippen LogP contribution in [-0.2, 0) is 14.3 Å². The Bertz CT molecular complexity index is 1290. The molecule has 6 nitrogen and oxygen atoms in total. The van der Waals surface area contributed by atoms with Crippen LogP contribution in [0.5, 0.6) is 5.75 Å². The Kier molecular flexibility index (Phi) is 4.71. The number of nitrogens with one attached hydrogen (secondary N) is 1. The number of carbonyl (C=O) groups excluding carboxylic acids is 2. The molecule has 2 aliphatic carbocycles. The molecule has 0 fully saturated rings. The number of ketones is 2. The number of hydrogen-bond acceptors (Lipinski definition) is 5. The monoisotopic (exact) mass is 447 g/mol. The van der Waals surface area contributed by atoms with Gasteiger partial charge in [0.15, 0.2) is 11.6 Å². The number of Topliss-reactive ketones (excluding diaryl/α,β-unsaturated/α-hetero) is 2. The first-order valence-corrected chi connectivity index (χ1v) is 11.4. The summed E-state index contributed by atoms with van der Waals surface area (Å²) in [5.41, 5.74) is 1.22. The van der Waals surface area contributed by atoms with Gasteiger partial charge in [0.2, 0.25) is 0 Å². The number of methoxy groups -OCH3 is 1. The normalized spacial score (nSPS) is 22.2. The summed E-state index contributed by atoms with van der Waals surface area (Å²) in [6.07, 6.45) is 1.91. The molecule has 0 bridgehead atoms. The minimum atomic E-state index is -0.703. The molecule has 0 spiro atoms. The molecule has 0 saturated heterocycles. The van der Waals surface area contributed by atoms with Crippen LogP contribution in [-0.4, -0.2) is 23.7 Å². The van der Waals surface area contributed by atoms with Crippen LogP contribution in [0.3, 0.4) is 0 Å². The molecule has 2 aromatic rings. The highest BCUT2D eigenvalue weighted by Gasteiger charge is 2.48. The summed E-state index contributed by atoms with van der Waals surface area (Å²) in [7, 11) is 1.57. The minimum absolute atomic E-state index is 0.0512. The average Bonchev–Trinajstić information content (AvgIpc) is 2.69. The van der Waals surface area contributed by atoms with Gasteiger partial charge in [0.05, 0.1) is 18.5 Å². The zero-order valence-corrected chi connectivity index (χ0v) is 19.8. The van der Waals surface area contributed by atoms with E-state index in [1.807, 2.05) is 39.8 Å². The summed E-state index contributed by atoms with van der Waals surface area (Å²) in [4.78, 5) is 43.1. The predicted molar refractivity (Wildman–Crippen MR) is 125 cm³/mol. The molecule has 172 valence electrons. The van der Waals surface area contributed by atoms with Crippen molar-refractivity contribution in [2.75, 3.05) is 7.11 Å². The van der Waals surface area contributed by atoms with Crippen molar-refractivity contribution >= 4 is 22.5 Å². The van der Waals surface area contributed by atoms with Gasteiger partial charge in [-0.1, -0.05) is 27.7 Å². The second kappa shape index (κ2) is 7.17. The highest BCUT2D eigenvalue weighted by atomic mass is 16.5. The van der Waals surface area contributed by atoms with Crippen molar-refractivity contribution in [1.82, 2.24) is 4.98 Å². The lowest BCUT2D eigenvalue weighted by Gasteiger charge is -2.42. The maximum absolute atomic E-state index is 13.4. The molecule has 3 aliphatic rings. The molecular formula is C27H29NO5. The smallest absolute Gasteiger partial charge is 0.252 e. The zero-order valence-electron chi connectivity index (χ0n) is 19.8. The van der Waals surface area contributed by atoms with Gasteiger partial charge in [-0.15, -0.1) is 0 Å². The molecule has 0 radical (unpaired) electrons. The fraction of sp³-hybridized carbons (Fsp3) is 0.444. The van der Waals surface area contributed by atoms with Gasteiger partial charge in [0.1, 0.15) is 17.3 Å². The van der Waals surface area contributed by atoms with Gasteiger partial charge >= 0.3 is 0 Å². The third-order valence-corrected chi connectivity index (χ3v) is 6.97. The first kappa shape index (κ1) is 21.7. The Labute approximate surface area is 192 Å². The summed E-state index contributed by atoms with van der Waals surface area (Å²) in [6.45, 7) is 8.18. The van der Waals surface area contributed by atoms with Crippen LogP contribution in [0.15, 0.2) is 51.7 Å². The number of fused-ring (bicyclic) bond motifs is 1. The lowest BCUT2D eigenvalue weighted by atomic mass is 9.65. The summed E-state index contributed by atoms with van der Waals surface area (Å²) >= 11 is 0. The van der Waals surface area contributed by atoms with Crippen molar-refractivity contribution < 1.29 is 19.1 Å². The average molecular weight is 448 g/mol. The number of aromatic nitrogens is 1.